The molecule has 1 aromatic heterocycles. The Morgan fingerprint density at radius 3 is 2.57 bits per heavy atom. The molecule has 0 spiro atoms. The fraction of sp³-hybridized carbons (Fsp3) is 0.0625. The highest BCUT2D eigenvalue weighted by atomic mass is 79.9. The highest BCUT2D eigenvalue weighted by molar-refractivity contribution is 9.10. The Kier molecular flexibility index (Phi) is 3.66. The van der Waals surface area contributed by atoms with Gasteiger partial charge < -0.3 is 9.84 Å². The molecule has 21 heavy (non-hydrogen) atoms. The van der Waals surface area contributed by atoms with Crippen LogP contribution in [0.25, 0.3) is 22.5 Å². The van der Waals surface area contributed by atoms with E-state index in [1.807, 2.05) is 30.3 Å². The van der Waals surface area contributed by atoms with Crippen LogP contribution in [0.4, 0.5) is 0 Å². The zero-order chi connectivity index (χ0) is 14.8. The average molecular weight is 345 g/mol. The van der Waals surface area contributed by atoms with E-state index in [-0.39, 0.29) is 5.75 Å². The minimum Gasteiger partial charge on any atom is -0.507 e. The SMILES string of the molecule is COc1ccc(O)c(-c2cc(-c3ccc(Br)cc3)n[nH]2)c1. The monoisotopic (exact) mass is 344 g/mol. The van der Waals surface area contributed by atoms with E-state index in [0.717, 1.165) is 21.4 Å². The van der Waals surface area contributed by atoms with Crippen LogP contribution in [0, 0.1) is 0 Å². The topological polar surface area (TPSA) is 58.1 Å². The summed E-state index contributed by atoms with van der Waals surface area (Å²) in [4.78, 5) is 0. The molecule has 106 valence electrons. The van der Waals surface area contributed by atoms with Crippen LogP contribution in [-0.2, 0) is 0 Å². The van der Waals surface area contributed by atoms with Crippen molar-refractivity contribution in [2.75, 3.05) is 7.11 Å². The standard InChI is InChI=1S/C16H13BrN2O2/c1-21-12-6-7-16(20)13(8-12)15-9-14(18-19-15)10-2-4-11(17)5-3-10/h2-9,20H,1H3,(H,18,19). The molecule has 2 aromatic carbocycles. The van der Waals surface area contributed by atoms with E-state index < -0.39 is 0 Å². The Labute approximate surface area is 130 Å². The average Bonchev–Trinajstić information content (AvgIpc) is 2.98. The summed E-state index contributed by atoms with van der Waals surface area (Å²) >= 11 is 3.41. The van der Waals surface area contributed by atoms with E-state index in [1.54, 1.807) is 25.3 Å². The highest BCUT2D eigenvalue weighted by Gasteiger charge is 2.10. The van der Waals surface area contributed by atoms with Gasteiger partial charge in [0, 0.05) is 15.6 Å². The molecule has 0 aliphatic heterocycles. The summed E-state index contributed by atoms with van der Waals surface area (Å²) in [5.41, 5.74) is 3.22. The van der Waals surface area contributed by atoms with Crippen molar-refractivity contribution in [3.05, 3.63) is 53.0 Å². The Bertz CT molecular complexity index is 766. The second-order valence-electron chi connectivity index (χ2n) is 4.56. The molecule has 2 N–H and O–H groups in total. The minimum absolute atomic E-state index is 0.182. The Hall–Kier alpha value is -2.27. The van der Waals surface area contributed by atoms with Crippen LogP contribution in [0.5, 0.6) is 11.5 Å². The summed E-state index contributed by atoms with van der Waals surface area (Å²) in [7, 11) is 1.59. The number of aromatic nitrogens is 2. The van der Waals surface area contributed by atoms with Gasteiger partial charge in [-0.2, -0.15) is 5.10 Å². The first-order chi connectivity index (χ1) is 10.2. The van der Waals surface area contributed by atoms with Gasteiger partial charge in [-0.25, -0.2) is 0 Å². The van der Waals surface area contributed by atoms with Crippen molar-refractivity contribution in [2.45, 2.75) is 0 Å². The van der Waals surface area contributed by atoms with Gasteiger partial charge in [-0.15, -0.1) is 0 Å². The molecule has 0 atom stereocenters. The number of phenolic OH excluding ortho intramolecular Hbond substituents is 1. The number of aromatic hydroxyl groups is 1. The molecule has 0 amide bonds. The van der Waals surface area contributed by atoms with Gasteiger partial charge in [-0.3, -0.25) is 5.10 Å². The third-order valence-corrected chi connectivity index (χ3v) is 3.74. The van der Waals surface area contributed by atoms with Crippen LogP contribution in [0.15, 0.2) is 53.0 Å². The number of halogens is 1. The number of ether oxygens (including phenoxy) is 1. The van der Waals surface area contributed by atoms with Gasteiger partial charge in [0.2, 0.25) is 0 Å². The Morgan fingerprint density at radius 2 is 1.86 bits per heavy atom. The van der Waals surface area contributed by atoms with E-state index in [9.17, 15) is 5.11 Å². The van der Waals surface area contributed by atoms with Gasteiger partial charge in [0.05, 0.1) is 18.5 Å². The Morgan fingerprint density at radius 1 is 1.10 bits per heavy atom. The molecule has 5 heteroatoms. The van der Waals surface area contributed by atoms with E-state index in [0.29, 0.717) is 11.3 Å². The summed E-state index contributed by atoms with van der Waals surface area (Å²) in [6.07, 6.45) is 0. The fourth-order valence-electron chi connectivity index (χ4n) is 2.09. The smallest absolute Gasteiger partial charge is 0.125 e. The van der Waals surface area contributed by atoms with E-state index in [4.69, 9.17) is 4.74 Å². The van der Waals surface area contributed by atoms with Crippen molar-refractivity contribution >= 4 is 15.9 Å². The lowest BCUT2D eigenvalue weighted by atomic mass is 10.1. The summed E-state index contributed by atoms with van der Waals surface area (Å²) < 4.78 is 6.21. The third-order valence-electron chi connectivity index (χ3n) is 3.21. The van der Waals surface area contributed by atoms with Crippen molar-refractivity contribution in [2.24, 2.45) is 0 Å². The van der Waals surface area contributed by atoms with Gasteiger partial charge >= 0.3 is 0 Å². The van der Waals surface area contributed by atoms with Crippen LogP contribution >= 0.6 is 15.9 Å². The summed E-state index contributed by atoms with van der Waals surface area (Å²) in [5.74, 6) is 0.865. The maximum atomic E-state index is 9.99. The summed E-state index contributed by atoms with van der Waals surface area (Å²) in [5, 5.41) is 17.2. The predicted octanol–water partition coefficient (Wildman–Crippen LogP) is 4.22. The van der Waals surface area contributed by atoms with Crippen LogP contribution in [0.2, 0.25) is 0 Å². The first-order valence-electron chi connectivity index (χ1n) is 6.36. The second kappa shape index (κ2) is 5.61. The lowest BCUT2D eigenvalue weighted by Gasteiger charge is -2.04. The quantitative estimate of drug-likeness (QED) is 0.747. The number of benzene rings is 2. The number of H-pyrrole nitrogens is 1. The normalized spacial score (nSPS) is 10.6. The van der Waals surface area contributed by atoms with Crippen molar-refractivity contribution in [1.82, 2.24) is 10.2 Å². The van der Waals surface area contributed by atoms with Gasteiger partial charge in [0.15, 0.2) is 0 Å². The molecule has 4 nitrogen and oxygen atoms in total. The van der Waals surface area contributed by atoms with E-state index in [1.165, 1.54) is 0 Å². The number of nitrogens with one attached hydrogen (secondary N) is 1. The molecule has 1 heterocycles. The zero-order valence-corrected chi connectivity index (χ0v) is 12.9. The molecule has 0 saturated heterocycles. The highest BCUT2D eigenvalue weighted by Crippen LogP contribution is 2.33. The first-order valence-corrected chi connectivity index (χ1v) is 7.15. The number of hydrogen-bond donors (Lipinski definition) is 2. The van der Waals surface area contributed by atoms with Crippen LogP contribution in [-0.4, -0.2) is 22.4 Å². The number of phenols is 1. The number of rotatable bonds is 3. The lowest BCUT2D eigenvalue weighted by Crippen LogP contribution is -1.85. The van der Waals surface area contributed by atoms with Crippen LogP contribution < -0.4 is 4.74 Å². The van der Waals surface area contributed by atoms with Crippen molar-refractivity contribution in [3.63, 3.8) is 0 Å². The Balaban J connectivity index is 2.00. The molecule has 0 unspecified atom stereocenters. The molecule has 0 aliphatic rings. The largest absolute Gasteiger partial charge is 0.507 e. The number of nitrogens with zero attached hydrogens (tertiary/aromatic N) is 1. The maximum Gasteiger partial charge on any atom is 0.125 e. The third kappa shape index (κ3) is 2.78. The number of hydrogen-bond acceptors (Lipinski definition) is 3. The molecular formula is C16H13BrN2O2. The maximum absolute atomic E-state index is 9.99. The van der Waals surface area contributed by atoms with E-state index in [2.05, 4.69) is 26.1 Å². The molecule has 0 bridgehead atoms. The number of aromatic amines is 1. The van der Waals surface area contributed by atoms with Crippen LogP contribution in [0.1, 0.15) is 0 Å². The van der Waals surface area contributed by atoms with Crippen molar-refractivity contribution in [1.29, 1.82) is 0 Å². The molecule has 0 fully saturated rings. The minimum atomic E-state index is 0.182. The molecule has 3 rings (SSSR count). The first kappa shape index (κ1) is 13.7. The second-order valence-corrected chi connectivity index (χ2v) is 5.47. The number of methoxy groups -OCH3 is 1. The molecule has 0 aliphatic carbocycles. The van der Waals surface area contributed by atoms with Crippen molar-refractivity contribution < 1.29 is 9.84 Å². The molecule has 3 aromatic rings. The van der Waals surface area contributed by atoms with Crippen LogP contribution in [0.3, 0.4) is 0 Å². The molecule has 0 saturated carbocycles. The fourth-order valence-corrected chi connectivity index (χ4v) is 2.35. The molecular weight excluding hydrogens is 332 g/mol. The molecule has 0 radical (unpaired) electrons. The van der Waals surface area contributed by atoms with Gasteiger partial charge in [0.25, 0.3) is 0 Å². The van der Waals surface area contributed by atoms with E-state index >= 15 is 0 Å². The zero-order valence-electron chi connectivity index (χ0n) is 11.3. The van der Waals surface area contributed by atoms with Crippen molar-refractivity contribution in [3.8, 4) is 34.0 Å². The predicted molar refractivity (Wildman–Crippen MR) is 85.4 cm³/mol. The summed E-state index contributed by atoms with van der Waals surface area (Å²) in [6.45, 7) is 0. The lowest BCUT2D eigenvalue weighted by molar-refractivity contribution is 0.412. The van der Waals surface area contributed by atoms with Gasteiger partial charge in [-0.1, -0.05) is 28.1 Å². The summed E-state index contributed by atoms with van der Waals surface area (Å²) in [6, 6.07) is 14.9. The van der Waals surface area contributed by atoms with Gasteiger partial charge in [0.1, 0.15) is 11.5 Å². The van der Waals surface area contributed by atoms with Gasteiger partial charge in [-0.05, 0) is 36.4 Å².